The molecule has 2 aromatic rings. The molecule has 0 heterocycles. The summed E-state index contributed by atoms with van der Waals surface area (Å²) in [5, 5.41) is 0. The molecule has 0 aliphatic rings. The van der Waals surface area contributed by atoms with Gasteiger partial charge in [0.1, 0.15) is 5.75 Å². The van der Waals surface area contributed by atoms with Crippen LogP contribution in [0.15, 0.2) is 85.0 Å². The summed E-state index contributed by atoms with van der Waals surface area (Å²) in [5.41, 5.74) is 6.95. The van der Waals surface area contributed by atoms with E-state index in [1.165, 1.54) is 5.56 Å². The van der Waals surface area contributed by atoms with Crippen LogP contribution in [0, 0.1) is 0 Å². The molecule has 0 aliphatic carbocycles. The van der Waals surface area contributed by atoms with Crippen molar-refractivity contribution in [2.24, 2.45) is 0 Å². The highest BCUT2D eigenvalue weighted by Crippen LogP contribution is 2.26. The van der Waals surface area contributed by atoms with E-state index in [1.807, 2.05) is 18.2 Å². The number of hydrogen-bond donors (Lipinski definition) is 0. The maximum absolute atomic E-state index is 11.7. The normalized spacial score (nSPS) is 11.9. The fourth-order valence-corrected chi connectivity index (χ4v) is 3.39. The molecule has 0 unspecified atom stereocenters. The van der Waals surface area contributed by atoms with Gasteiger partial charge in [0.2, 0.25) is 0 Å². The molecule has 4 heteroatoms. The first-order valence-electron chi connectivity index (χ1n) is 11.5. The van der Waals surface area contributed by atoms with Gasteiger partial charge in [0, 0.05) is 12.0 Å². The smallest absolute Gasteiger partial charge is 0.338 e. The van der Waals surface area contributed by atoms with Gasteiger partial charge in [-0.25, -0.2) is 4.79 Å². The third-order valence-corrected chi connectivity index (χ3v) is 5.36. The topological polar surface area (TPSA) is 52.6 Å². The Morgan fingerprint density at radius 2 is 1.56 bits per heavy atom. The van der Waals surface area contributed by atoms with Gasteiger partial charge in [-0.1, -0.05) is 68.6 Å². The van der Waals surface area contributed by atoms with Crippen molar-refractivity contribution in [1.29, 1.82) is 0 Å². The Labute approximate surface area is 203 Å². The lowest BCUT2D eigenvalue weighted by Gasteiger charge is -2.10. The monoisotopic (exact) mass is 458 g/mol. The molecular formula is C30H34O4. The van der Waals surface area contributed by atoms with E-state index in [1.54, 1.807) is 26.0 Å². The summed E-state index contributed by atoms with van der Waals surface area (Å²) in [4.78, 5) is 22.9. The van der Waals surface area contributed by atoms with Crippen molar-refractivity contribution in [3.8, 4) is 5.75 Å². The molecule has 2 aromatic carbocycles. The fraction of sp³-hybridized carbons (Fsp3) is 0.267. The molecule has 0 aromatic heterocycles. The number of esters is 2. The van der Waals surface area contributed by atoms with Gasteiger partial charge >= 0.3 is 11.9 Å². The van der Waals surface area contributed by atoms with E-state index >= 15 is 0 Å². The molecule has 2 rings (SSSR count). The second-order valence-electron chi connectivity index (χ2n) is 8.20. The van der Waals surface area contributed by atoms with E-state index in [9.17, 15) is 9.59 Å². The standard InChI is InChI=1S/C30H34O4/c1-7-28(26-15-17-27(18-16-26)34-30(32)21(3)4)23(6)20-22(5)25-13-11-24(12-14-25)10-9-19-33-29(31)8-2/h7,11-18,20H,1,3,8-10,19H2,2,4-6H3. The molecule has 178 valence electrons. The molecule has 0 radical (unpaired) electrons. The Morgan fingerprint density at radius 1 is 0.941 bits per heavy atom. The molecule has 0 atom stereocenters. The first-order valence-corrected chi connectivity index (χ1v) is 11.5. The van der Waals surface area contributed by atoms with Gasteiger partial charge in [0.05, 0.1) is 6.61 Å². The molecule has 0 saturated heterocycles. The lowest BCUT2D eigenvalue weighted by molar-refractivity contribution is -0.143. The Morgan fingerprint density at radius 3 is 2.12 bits per heavy atom. The third-order valence-electron chi connectivity index (χ3n) is 5.36. The van der Waals surface area contributed by atoms with E-state index in [0.29, 0.717) is 24.4 Å². The van der Waals surface area contributed by atoms with Gasteiger partial charge in [0.15, 0.2) is 0 Å². The third kappa shape index (κ3) is 8.04. The summed E-state index contributed by atoms with van der Waals surface area (Å²) in [7, 11) is 0. The number of rotatable bonds is 11. The van der Waals surface area contributed by atoms with Crippen molar-refractivity contribution >= 4 is 23.1 Å². The summed E-state index contributed by atoms with van der Waals surface area (Å²) in [6.45, 7) is 15.6. The molecule has 0 N–H and O–H groups in total. The molecule has 0 fully saturated rings. The highest BCUT2D eigenvalue weighted by atomic mass is 16.5. The highest BCUT2D eigenvalue weighted by molar-refractivity contribution is 5.89. The predicted octanol–water partition coefficient (Wildman–Crippen LogP) is 7.12. The minimum absolute atomic E-state index is 0.152. The minimum atomic E-state index is -0.437. The largest absolute Gasteiger partial charge is 0.466 e. The van der Waals surface area contributed by atoms with Crippen LogP contribution in [0.1, 0.15) is 57.2 Å². The van der Waals surface area contributed by atoms with Crippen molar-refractivity contribution < 1.29 is 19.1 Å². The zero-order valence-electron chi connectivity index (χ0n) is 20.6. The quantitative estimate of drug-likeness (QED) is 0.118. The van der Waals surface area contributed by atoms with Gasteiger partial charge in [0.25, 0.3) is 0 Å². The van der Waals surface area contributed by atoms with Gasteiger partial charge in [-0.05, 0) is 79.2 Å². The van der Waals surface area contributed by atoms with Crippen LogP contribution in [0.5, 0.6) is 5.75 Å². The van der Waals surface area contributed by atoms with Gasteiger partial charge in [-0.3, -0.25) is 4.79 Å². The van der Waals surface area contributed by atoms with Crippen molar-refractivity contribution in [2.45, 2.75) is 47.0 Å². The molecule has 4 nitrogen and oxygen atoms in total. The number of carbonyl (C=O) groups is 2. The van der Waals surface area contributed by atoms with Crippen LogP contribution in [0.3, 0.4) is 0 Å². The fourth-order valence-electron chi connectivity index (χ4n) is 3.39. The van der Waals surface area contributed by atoms with Crippen molar-refractivity contribution in [1.82, 2.24) is 0 Å². The van der Waals surface area contributed by atoms with Crippen molar-refractivity contribution in [3.63, 3.8) is 0 Å². The average molecular weight is 459 g/mol. The zero-order chi connectivity index (χ0) is 25.1. The van der Waals surface area contributed by atoms with Crippen LogP contribution in [0.2, 0.25) is 0 Å². The number of ether oxygens (including phenoxy) is 2. The van der Waals surface area contributed by atoms with Crippen LogP contribution in [-0.2, 0) is 20.7 Å². The van der Waals surface area contributed by atoms with Crippen LogP contribution >= 0.6 is 0 Å². The Bertz CT molecular complexity index is 1080. The van der Waals surface area contributed by atoms with Gasteiger partial charge in [-0.2, -0.15) is 0 Å². The van der Waals surface area contributed by atoms with Crippen LogP contribution in [-0.4, -0.2) is 18.5 Å². The summed E-state index contributed by atoms with van der Waals surface area (Å²) in [6.07, 6.45) is 6.08. The molecule has 0 spiro atoms. The predicted molar refractivity (Wildman–Crippen MR) is 139 cm³/mol. The lowest BCUT2D eigenvalue weighted by atomic mass is 9.97. The van der Waals surface area contributed by atoms with E-state index in [4.69, 9.17) is 9.47 Å². The molecule has 0 saturated carbocycles. The van der Waals surface area contributed by atoms with Gasteiger partial charge < -0.3 is 9.47 Å². The average Bonchev–Trinajstić information content (AvgIpc) is 2.83. The Hall–Kier alpha value is -3.66. The summed E-state index contributed by atoms with van der Waals surface area (Å²) in [5.74, 6) is -0.110. The Balaban J connectivity index is 2.09. The molecule has 0 amide bonds. The first kappa shape index (κ1) is 26.6. The van der Waals surface area contributed by atoms with E-state index in [0.717, 1.165) is 40.7 Å². The zero-order valence-corrected chi connectivity index (χ0v) is 20.6. The number of hydrogen-bond acceptors (Lipinski definition) is 4. The number of aryl methyl sites for hydroxylation is 1. The van der Waals surface area contributed by atoms with Gasteiger partial charge in [-0.15, -0.1) is 0 Å². The maximum atomic E-state index is 11.7. The number of allylic oxidation sites excluding steroid dienone is 5. The SMILES string of the molecule is C=CC(=C(C)C=C(C)c1ccc(CCCOC(=O)CC)cc1)c1ccc(OC(=O)C(=C)C)cc1. The van der Waals surface area contributed by atoms with E-state index < -0.39 is 5.97 Å². The van der Waals surface area contributed by atoms with Crippen LogP contribution in [0.4, 0.5) is 0 Å². The second kappa shape index (κ2) is 13.1. The molecular weight excluding hydrogens is 424 g/mol. The van der Waals surface area contributed by atoms with Crippen molar-refractivity contribution in [2.75, 3.05) is 6.61 Å². The van der Waals surface area contributed by atoms with Crippen LogP contribution < -0.4 is 4.74 Å². The highest BCUT2D eigenvalue weighted by Gasteiger charge is 2.07. The second-order valence-corrected chi connectivity index (χ2v) is 8.20. The first-order chi connectivity index (χ1) is 16.2. The Kier molecular flexibility index (Phi) is 10.3. The lowest BCUT2D eigenvalue weighted by Crippen LogP contribution is -2.07. The van der Waals surface area contributed by atoms with Crippen molar-refractivity contribution in [3.05, 3.63) is 102 Å². The number of benzene rings is 2. The van der Waals surface area contributed by atoms with E-state index in [2.05, 4.69) is 57.3 Å². The minimum Gasteiger partial charge on any atom is -0.466 e. The summed E-state index contributed by atoms with van der Waals surface area (Å²) in [6, 6.07) is 15.8. The molecule has 0 aliphatic heterocycles. The molecule has 0 bridgehead atoms. The maximum Gasteiger partial charge on any atom is 0.338 e. The number of carbonyl (C=O) groups excluding carboxylic acids is 2. The summed E-state index contributed by atoms with van der Waals surface area (Å²) >= 11 is 0. The molecule has 34 heavy (non-hydrogen) atoms. The summed E-state index contributed by atoms with van der Waals surface area (Å²) < 4.78 is 10.4. The van der Waals surface area contributed by atoms with E-state index in [-0.39, 0.29) is 5.97 Å². The van der Waals surface area contributed by atoms with Crippen LogP contribution in [0.25, 0.3) is 11.1 Å².